The fourth-order valence-electron chi connectivity index (χ4n) is 2.60. The van der Waals surface area contributed by atoms with Crippen LogP contribution in [0.1, 0.15) is 19.8 Å². The van der Waals surface area contributed by atoms with E-state index < -0.39 is 0 Å². The number of hydrogen-bond donors (Lipinski definition) is 2. The minimum Gasteiger partial charge on any atom is -0.382 e. The Bertz CT molecular complexity index is 561. The van der Waals surface area contributed by atoms with E-state index in [0.717, 1.165) is 37.5 Å². The Hall–Kier alpha value is -1.82. The molecule has 6 heteroatoms. The topological polar surface area (TPSA) is 77.5 Å². The van der Waals surface area contributed by atoms with Crippen LogP contribution in [0.25, 0.3) is 5.65 Å². The molecule has 1 fully saturated rings. The van der Waals surface area contributed by atoms with Gasteiger partial charge >= 0.3 is 0 Å². The SMILES string of the molecule is CC(Nc1nc(N)cn2ccnc12)C1CCOCC1. The number of nitrogen functional groups attached to an aromatic ring is 1. The van der Waals surface area contributed by atoms with Gasteiger partial charge < -0.3 is 20.2 Å². The van der Waals surface area contributed by atoms with Gasteiger partial charge in [0.05, 0.1) is 6.20 Å². The summed E-state index contributed by atoms with van der Waals surface area (Å²) in [5.41, 5.74) is 6.63. The molecule has 1 aliphatic heterocycles. The summed E-state index contributed by atoms with van der Waals surface area (Å²) < 4.78 is 7.29. The van der Waals surface area contributed by atoms with E-state index >= 15 is 0 Å². The quantitative estimate of drug-likeness (QED) is 0.876. The second-order valence-electron chi connectivity index (χ2n) is 5.06. The molecule has 1 atom stereocenters. The van der Waals surface area contributed by atoms with E-state index in [2.05, 4.69) is 22.2 Å². The van der Waals surface area contributed by atoms with Crippen molar-refractivity contribution in [2.24, 2.45) is 5.92 Å². The number of imidazole rings is 1. The summed E-state index contributed by atoms with van der Waals surface area (Å²) >= 11 is 0. The summed E-state index contributed by atoms with van der Waals surface area (Å²) in [7, 11) is 0. The first-order chi connectivity index (χ1) is 9.24. The lowest BCUT2D eigenvalue weighted by Crippen LogP contribution is -2.31. The number of ether oxygens (including phenoxy) is 1. The summed E-state index contributed by atoms with van der Waals surface area (Å²) in [4.78, 5) is 8.68. The third-order valence-corrected chi connectivity index (χ3v) is 3.73. The van der Waals surface area contributed by atoms with Crippen molar-refractivity contribution in [1.82, 2.24) is 14.4 Å². The van der Waals surface area contributed by atoms with Crippen molar-refractivity contribution < 1.29 is 4.74 Å². The highest BCUT2D eigenvalue weighted by Crippen LogP contribution is 2.23. The summed E-state index contributed by atoms with van der Waals surface area (Å²) in [6.07, 6.45) is 7.56. The van der Waals surface area contributed by atoms with Crippen molar-refractivity contribution in [2.45, 2.75) is 25.8 Å². The van der Waals surface area contributed by atoms with Crippen molar-refractivity contribution in [1.29, 1.82) is 0 Å². The van der Waals surface area contributed by atoms with Crippen LogP contribution in [0.4, 0.5) is 11.6 Å². The van der Waals surface area contributed by atoms with Crippen LogP contribution in [0.2, 0.25) is 0 Å². The molecule has 0 aromatic carbocycles. The van der Waals surface area contributed by atoms with Crippen LogP contribution in [0.15, 0.2) is 18.6 Å². The van der Waals surface area contributed by atoms with Crippen LogP contribution in [-0.2, 0) is 4.74 Å². The van der Waals surface area contributed by atoms with Gasteiger partial charge in [-0.2, -0.15) is 0 Å². The second kappa shape index (κ2) is 5.05. The van der Waals surface area contributed by atoms with Crippen molar-refractivity contribution in [2.75, 3.05) is 24.3 Å². The molecule has 0 aliphatic carbocycles. The first kappa shape index (κ1) is 12.2. The van der Waals surface area contributed by atoms with Gasteiger partial charge in [-0.3, -0.25) is 0 Å². The lowest BCUT2D eigenvalue weighted by atomic mass is 9.93. The average Bonchev–Trinajstić information content (AvgIpc) is 2.88. The van der Waals surface area contributed by atoms with E-state index in [1.807, 2.05) is 10.6 Å². The van der Waals surface area contributed by atoms with Crippen LogP contribution in [0.5, 0.6) is 0 Å². The lowest BCUT2D eigenvalue weighted by Gasteiger charge is -2.28. The Morgan fingerprint density at radius 3 is 3.05 bits per heavy atom. The van der Waals surface area contributed by atoms with E-state index in [0.29, 0.717) is 17.8 Å². The highest BCUT2D eigenvalue weighted by atomic mass is 16.5. The highest BCUT2D eigenvalue weighted by molar-refractivity contribution is 5.65. The van der Waals surface area contributed by atoms with Crippen molar-refractivity contribution in [3.8, 4) is 0 Å². The maximum atomic E-state index is 5.82. The predicted octanol–water partition coefficient (Wildman–Crippen LogP) is 1.54. The zero-order valence-corrected chi connectivity index (χ0v) is 11.0. The fraction of sp³-hybridized carbons (Fsp3) is 0.538. The Morgan fingerprint density at radius 1 is 1.47 bits per heavy atom. The molecule has 3 heterocycles. The van der Waals surface area contributed by atoms with Gasteiger partial charge in [-0.05, 0) is 25.7 Å². The van der Waals surface area contributed by atoms with Crippen LogP contribution in [-0.4, -0.2) is 33.6 Å². The molecule has 102 valence electrons. The summed E-state index contributed by atoms with van der Waals surface area (Å²) in [6, 6.07) is 0.332. The standard InChI is InChI=1S/C13H19N5O/c1-9(10-2-6-19-7-3-10)16-12-13-15-4-5-18(13)8-11(14)17-12/h4-5,8-10H,2-3,6-7,14H2,1H3,(H,16,17). The molecule has 1 saturated heterocycles. The van der Waals surface area contributed by atoms with Gasteiger partial charge in [-0.25, -0.2) is 9.97 Å². The number of rotatable bonds is 3. The normalized spacial score (nSPS) is 18.6. The average molecular weight is 261 g/mol. The van der Waals surface area contributed by atoms with E-state index in [1.54, 1.807) is 12.4 Å². The van der Waals surface area contributed by atoms with Gasteiger partial charge in [0, 0.05) is 31.6 Å². The zero-order chi connectivity index (χ0) is 13.2. The van der Waals surface area contributed by atoms with E-state index in [-0.39, 0.29) is 0 Å². The largest absolute Gasteiger partial charge is 0.382 e. The number of fused-ring (bicyclic) bond motifs is 1. The van der Waals surface area contributed by atoms with Crippen molar-refractivity contribution in [3.05, 3.63) is 18.6 Å². The van der Waals surface area contributed by atoms with Gasteiger partial charge in [0.25, 0.3) is 0 Å². The van der Waals surface area contributed by atoms with Crippen molar-refractivity contribution in [3.63, 3.8) is 0 Å². The Balaban J connectivity index is 1.82. The number of nitrogens with one attached hydrogen (secondary N) is 1. The number of aromatic nitrogens is 3. The maximum Gasteiger partial charge on any atom is 0.180 e. The van der Waals surface area contributed by atoms with E-state index in [9.17, 15) is 0 Å². The Morgan fingerprint density at radius 2 is 2.26 bits per heavy atom. The summed E-state index contributed by atoms with van der Waals surface area (Å²) in [5.74, 6) is 1.85. The molecule has 0 radical (unpaired) electrons. The molecule has 19 heavy (non-hydrogen) atoms. The smallest absolute Gasteiger partial charge is 0.180 e. The predicted molar refractivity (Wildman–Crippen MR) is 74.0 cm³/mol. The van der Waals surface area contributed by atoms with E-state index in [4.69, 9.17) is 10.5 Å². The molecular formula is C13H19N5O. The number of nitrogens with two attached hydrogens (primary N) is 1. The molecule has 3 rings (SSSR count). The maximum absolute atomic E-state index is 5.82. The summed E-state index contributed by atoms with van der Waals surface area (Å²) in [5, 5.41) is 3.45. The molecule has 0 bridgehead atoms. The number of nitrogens with zero attached hydrogens (tertiary/aromatic N) is 3. The van der Waals surface area contributed by atoms with E-state index in [1.165, 1.54) is 0 Å². The van der Waals surface area contributed by atoms with Crippen LogP contribution in [0, 0.1) is 5.92 Å². The Labute approximate surface area is 112 Å². The first-order valence-electron chi connectivity index (χ1n) is 6.67. The molecular weight excluding hydrogens is 242 g/mol. The molecule has 3 N–H and O–H groups in total. The van der Waals surface area contributed by atoms with Crippen LogP contribution < -0.4 is 11.1 Å². The number of anilines is 2. The van der Waals surface area contributed by atoms with Gasteiger partial charge in [-0.15, -0.1) is 0 Å². The second-order valence-corrected chi connectivity index (χ2v) is 5.06. The lowest BCUT2D eigenvalue weighted by molar-refractivity contribution is 0.0622. The van der Waals surface area contributed by atoms with Gasteiger partial charge in [0.2, 0.25) is 0 Å². The Kier molecular flexibility index (Phi) is 3.25. The molecule has 1 unspecified atom stereocenters. The van der Waals surface area contributed by atoms with Crippen LogP contribution >= 0.6 is 0 Å². The fourth-order valence-corrected chi connectivity index (χ4v) is 2.60. The molecule has 2 aromatic rings. The van der Waals surface area contributed by atoms with Gasteiger partial charge in [0.1, 0.15) is 5.82 Å². The third-order valence-electron chi connectivity index (χ3n) is 3.73. The van der Waals surface area contributed by atoms with Gasteiger partial charge in [-0.1, -0.05) is 0 Å². The molecule has 2 aromatic heterocycles. The van der Waals surface area contributed by atoms with Crippen LogP contribution in [0.3, 0.4) is 0 Å². The zero-order valence-electron chi connectivity index (χ0n) is 11.0. The van der Waals surface area contributed by atoms with Crippen molar-refractivity contribution >= 4 is 17.3 Å². The minimum absolute atomic E-state index is 0.332. The molecule has 0 amide bonds. The number of hydrogen-bond acceptors (Lipinski definition) is 5. The summed E-state index contributed by atoms with van der Waals surface area (Å²) in [6.45, 7) is 3.87. The molecule has 1 aliphatic rings. The third kappa shape index (κ3) is 2.49. The van der Waals surface area contributed by atoms with Gasteiger partial charge in [0.15, 0.2) is 11.5 Å². The highest BCUT2D eigenvalue weighted by Gasteiger charge is 2.21. The monoisotopic (exact) mass is 261 g/mol. The molecule has 6 nitrogen and oxygen atoms in total. The molecule has 0 spiro atoms. The minimum atomic E-state index is 0.332. The first-order valence-corrected chi connectivity index (χ1v) is 6.67. The molecule has 0 saturated carbocycles.